The Kier molecular flexibility index (Phi) is 4.35. The molecule has 4 nitrogen and oxygen atoms in total. The standard InChI is InChI=1S/C12H12BrFN4/c13-10-6-9(14)2-1-8(10)5-11(18-15)12-7-16-3-4-17-12/h1-4,6-7,11,18H,5,15H2. The second-order valence-corrected chi connectivity index (χ2v) is 4.64. The first-order chi connectivity index (χ1) is 8.70. The van der Waals surface area contributed by atoms with E-state index in [0.717, 1.165) is 11.3 Å². The maximum absolute atomic E-state index is 13.0. The van der Waals surface area contributed by atoms with Crippen LogP contribution in [-0.2, 0) is 6.42 Å². The Bertz CT molecular complexity index is 521. The molecule has 3 N–H and O–H groups in total. The summed E-state index contributed by atoms with van der Waals surface area (Å²) in [5.74, 6) is 5.25. The fourth-order valence-corrected chi connectivity index (χ4v) is 2.16. The van der Waals surface area contributed by atoms with E-state index >= 15 is 0 Å². The van der Waals surface area contributed by atoms with Crippen molar-refractivity contribution < 1.29 is 4.39 Å². The number of hydrogen-bond donors (Lipinski definition) is 2. The molecule has 0 aliphatic carbocycles. The lowest BCUT2D eigenvalue weighted by atomic mass is 10.0. The number of benzene rings is 1. The Morgan fingerprint density at radius 1 is 1.39 bits per heavy atom. The average molecular weight is 311 g/mol. The van der Waals surface area contributed by atoms with Crippen molar-refractivity contribution in [2.75, 3.05) is 0 Å². The third kappa shape index (κ3) is 3.10. The van der Waals surface area contributed by atoms with Crippen LogP contribution < -0.4 is 11.3 Å². The van der Waals surface area contributed by atoms with Gasteiger partial charge in [0.2, 0.25) is 0 Å². The number of nitrogens with two attached hydrogens (primary N) is 1. The van der Waals surface area contributed by atoms with Crippen LogP contribution in [0.4, 0.5) is 4.39 Å². The van der Waals surface area contributed by atoms with Gasteiger partial charge >= 0.3 is 0 Å². The topological polar surface area (TPSA) is 63.8 Å². The lowest BCUT2D eigenvalue weighted by Gasteiger charge is -2.15. The van der Waals surface area contributed by atoms with Gasteiger partial charge < -0.3 is 0 Å². The molecule has 1 heterocycles. The van der Waals surface area contributed by atoms with Gasteiger partial charge in [-0.15, -0.1) is 0 Å². The van der Waals surface area contributed by atoms with Crippen LogP contribution in [0.2, 0.25) is 0 Å². The van der Waals surface area contributed by atoms with Gasteiger partial charge in [0.1, 0.15) is 5.82 Å². The van der Waals surface area contributed by atoms with Crippen molar-refractivity contribution >= 4 is 15.9 Å². The van der Waals surface area contributed by atoms with E-state index in [4.69, 9.17) is 5.84 Å². The van der Waals surface area contributed by atoms with Crippen LogP contribution in [0.1, 0.15) is 17.3 Å². The Labute approximate surface area is 113 Å². The molecule has 0 amide bonds. The number of rotatable bonds is 4. The lowest BCUT2D eigenvalue weighted by molar-refractivity contribution is 0.534. The van der Waals surface area contributed by atoms with E-state index in [1.807, 2.05) is 0 Å². The third-order valence-corrected chi connectivity index (χ3v) is 3.32. The number of aromatic nitrogens is 2. The van der Waals surface area contributed by atoms with Crippen molar-refractivity contribution in [3.63, 3.8) is 0 Å². The molecule has 94 valence electrons. The first kappa shape index (κ1) is 13.1. The van der Waals surface area contributed by atoms with Crippen molar-refractivity contribution in [2.45, 2.75) is 12.5 Å². The van der Waals surface area contributed by atoms with Gasteiger partial charge in [-0.2, -0.15) is 0 Å². The molecule has 1 aromatic heterocycles. The summed E-state index contributed by atoms with van der Waals surface area (Å²) in [4.78, 5) is 8.20. The largest absolute Gasteiger partial charge is 0.271 e. The molecule has 2 rings (SSSR count). The van der Waals surface area contributed by atoms with E-state index in [1.54, 1.807) is 24.7 Å². The summed E-state index contributed by atoms with van der Waals surface area (Å²) in [5, 5.41) is 0. The fourth-order valence-electron chi connectivity index (χ4n) is 1.65. The highest BCUT2D eigenvalue weighted by Gasteiger charge is 2.14. The average Bonchev–Trinajstić information content (AvgIpc) is 2.39. The van der Waals surface area contributed by atoms with Gasteiger partial charge in [-0.1, -0.05) is 22.0 Å². The fraction of sp³-hybridized carbons (Fsp3) is 0.167. The summed E-state index contributed by atoms with van der Waals surface area (Å²) in [5.41, 5.74) is 4.39. The molecular weight excluding hydrogens is 299 g/mol. The third-order valence-electron chi connectivity index (χ3n) is 2.58. The second kappa shape index (κ2) is 5.99. The van der Waals surface area contributed by atoms with E-state index in [2.05, 4.69) is 31.3 Å². The number of hydrazine groups is 1. The smallest absolute Gasteiger partial charge is 0.124 e. The highest BCUT2D eigenvalue weighted by atomic mass is 79.9. The summed E-state index contributed by atoms with van der Waals surface area (Å²) in [6.45, 7) is 0. The van der Waals surface area contributed by atoms with Crippen LogP contribution >= 0.6 is 15.9 Å². The molecule has 0 aliphatic rings. The van der Waals surface area contributed by atoms with Gasteiger partial charge in [0, 0.05) is 16.9 Å². The van der Waals surface area contributed by atoms with Crippen LogP contribution in [0.25, 0.3) is 0 Å². The van der Waals surface area contributed by atoms with Crippen LogP contribution in [0.3, 0.4) is 0 Å². The summed E-state index contributed by atoms with van der Waals surface area (Å²) < 4.78 is 13.7. The van der Waals surface area contributed by atoms with Crippen molar-refractivity contribution in [1.82, 2.24) is 15.4 Å². The summed E-state index contributed by atoms with van der Waals surface area (Å²) in [7, 11) is 0. The van der Waals surface area contributed by atoms with Crippen molar-refractivity contribution in [3.8, 4) is 0 Å². The molecule has 0 spiro atoms. The highest BCUT2D eigenvalue weighted by molar-refractivity contribution is 9.10. The zero-order valence-electron chi connectivity index (χ0n) is 9.48. The van der Waals surface area contributed by atoms with Gasteiger partial charge in [0.05, 0.1) is 17.9 Å². The predicted octanol–water partition coefficient (Wildman–Crippen LogP) is 2.13. The van der Waals surface area contributed by atoms with Gasteiger partial charge in [-0.05, 0) is 24.1 Å². The van der Waals surface area contributed by atoms with E-state index < -0.39 is 0 Å². The number of nitrogens with one attached hydrogen (secondary N) is 1. The van der Waals surface area contributed by atoms with E-state index in [0.29, 0.717) is 10.9 Å². The Hall–Kier alpha value is -1.37. The molecule has 0 bridgehead atoms. The Balaban J connectivity index is 2.21. The molecule has 0 fully saturated rings. The minimum atomic E-state index is -0.276. The molecule has 1 unspecified atom stereocenters. The molecule has 0 saturated carbocycles. The molecule has 1 atom stereocenters. The molecule has 6 heteroatoms. The maximum atomic E-state index is 13.0. The first-order valence-corrected chi connectivity index (χ1v) is 6.16. The van der Waals surface area contributed by atoms with Gasteiger partial charge in [0.15, 0.2) is 0 Å². The van der Waals surface area contributed by atoms with E-state index in [-0.39, 0.29) is 11.9 Å². The molecule has 18 heavy (non-hydrogen) atoms. The second-order valence-electron chi connectivity index (χ2n) is 3.79. The number of halogens is 2. The summed E-state index contributed by atoms with van der Waals surface area (Å²) >= 11 is 3.33. The lowest BCUT2D eigenvalue weighted by Crippen LogP contribution is -2.30. The minimum absolute atomic E-state index is 0.166. The van der Waals surface area contributed by atoms with Crippen molar-refractivity contribution in [3.05, 3.63) is 58.3 Å². The summed E-state index contributed by atoms with van der Waals surface area (Å²) in [6.07, 6.45) is 5.46. The van der Waals surface area contributed by atoms with Crippen LogP contribution in [0.15, 0.2) is 41.3 Å². The van der Waals surface area contributed by atoms with Gasteiger partial charge in [-0.3, -0.25) is 21.2 Å². The normalized spacial score (nSPS) is 12.4. The molecule has 0 saturated heterocycles. The van der Waals surface area contributed by atoms with E-state index in [9.17, 15) is 4.39 Å². The van der Waals surface area contributed by atoms with Gasteiger partial charge in [-0.25, -0.2) is 4.39 Å². The molecule has 1 aromatic carbocycles. The van der Waals surface area contributed by atoms with Gasteiger partial charge in [0.25, 0.3) is 0 Å². The van der Waals surface area contributed by atoms with Crippen molar-refractivity contribution in [2.24, 2.45) is 5.84 Å². The molecule has 0 aliphatic heterocycles. The Morgan fingerprint density at radius 2 is 2.22 bits per heavy atom. The first-order valence-electron chi connectivity index (χ1n) is 5.36. The number of hydrogen-bond acceptors (Lipinski definition) is 4. The Morgan fingerprint density at radius 3 is 2.83 bits per heavy atom. The van der Waals surface area contributed by atoms with E-state index in [1.165, 1.54) is 12.1 Å². The van der Waals surface area contributed by atoms with Crippen molar-refractivity contribution in [1.29, 1.82) is 0 Å². The summed E-state index contributed by atoms with van der Waals surface area (Å²) in [6, 6.07) is 4.41. The zero-order chi connectivity index (χ0) is 13.0. The molecular formula is C12H12BrFN4. The predicted molar refractivity (Wildman–Crippen MR) is 69.9 cm³/mol. The molecule has 2 aromatic rings. The highest BCUT2D eigenvalue weighted by Crippen LogP contribution is 2.23. The SMILES string of the molecule is NNC(Cc1ccc(F)cc1Br)c1cnccn1. The maximum Gasteiger partial charge on any atom is 0.124 e. The van der Waals surface area contributed by atoms with Crippen LogP contribution in [0.5, 0.6) is 0 Å². The zero-order valence-corrected chi connectivity index (χ0v) is 11.1. The monoisotopic (exact) mass is 310 g/mol. The molecule has 0 radical (unpaired) electrons. The minimum Gasteiger partial charge on any atom is -0.271 e. The quantitative estimate of drug-likeness (QED) is 0.671. The van der Waals surface area contributed by atoms with Crippen LogP contribution in [0, 0.1) is 5.82 Å². The van der Waals surface area contributed by atoms with Crippen LogP contribution in [-0.4, -0.2) is 9.97 Å². The number of nitrogens with zero attached hydrogens (tertiary/aromatic N) is 2.